The Morgan fingerprint density at radius 1 is 0.293 bits per heavy atom. The minimum Gasteiger partial charge on any atom is -0.309 e. The molecule has 1 aliphatic rings. The second-order valence-corrected chi connectivity index (χ2v) is 15.7. The number of hydrogen-bond acceptors (Lipinski definition) is 1. The van der Waals surface area contributed by atoms with Crippen LogP contribution in [0.4, 0.5) is 17.1 Å². The predicted molar refractivity (Wildman–Crippen MR) is 246 cm³/mol. The van der Waals surface area contributed by atoms with E-state index in [1.165, 1.54) is 83.6 Å². The zero-order valence-electron chi connectivity index (χ0n) is 32.8. The molecular weight excluding hydrogens is 699 g/mol. The molecule has 9 aromatic carbocycles. The van der Waals surface area contributed by atoms with Crippen LogP contribution < -0.4 is 4.90 Å². The molecule has 0 amide bonds. The number of fused-ring (bicyclic) bond motifs is 3. The van der Waals surface area contributed by atoms with Crippen LogP contribution in [0.15, 0.2) is 224 Å². The second-order valence-electron chi connectivity index (χ2n) is 15.7. The average molecular weight is 742 g/mol. The van der Waals surface area contributed by atoms with Gasteiger partial charge in [0.1, 0.15) is 0 Å². The van der Waals surface area contributed by atoms with E-state index in [0.29, 0.717) is 0 Å². The molecule has 0 bridgehead atoms. The predicted octanol–water partition coefficient (Wildman–Crippen LogP) is 15.8. The van der Waals surface area contributed by atoms with Crippen molar-refractivity contribution in [3.05, 3.63) is 236 Å². The van der Waals surface area contributed by atoms with Crippen molar-refractivity contribution in [3.63, 3.8) is 0 Å². The average Bonchev–Trinajstić information content (AvgIpc) is 3.54. The van der Waals surface area contributed by atoms with E-state index in [1.807, 2.05) is 0 Å². The number of rotatable bonds is 8. The number of para-hydroxylation sites is 1. The van der Waals surface area contributed by atoms with Gasteiger partial charge in [-0.3, -0.25) is 0 Å². The van der Waals surface area contributed by atoms with Gasteiger partial charge in [-0.2, -0.15) is 0 Å². The van der Waals surface area contributed by atoms with Gasteiger partial charge in [0.05, 0.1) is 11.4 Å². The molecule has 0 atom stereocenters. The van der Waals surface area contributed by atoms with Gasteiger partial charge in [0.15, 0.2) is 0 Å². The summed E-state index contributed by atoms with van der Waals surface area (Å²) in [5.41, 5.74) is 20.6. The summed E-state index contributed by atoms with van der Waals surface area (Å²) in [5, 5.41) is 0. The number of anilines is 3. The number of benzene rings is 9. The summed E-state index contributed by atoms with van der Waals surface area (Å²) < 4.78 is 0. The maximum absolute atomic E-state index is 2.50. The summed E-state index contributed by atoms with van der Waals surface area (Å²) >= 11 is 0. The van der Waals surface area contributed by atoms with Crippen molar-refractivity contribution in [2.24, 2.45) is 0 Å². The van der Waals surface area contributed by atoms with Crippen molar-refractivity contribution in [1.82, 2.24) is 0 Å². The maximum atomic E-state index is 2.50. The highest BCUT2D eigenvalue weighted by Gasteiger charge is 2.38. The zero-order chi connectivity index (χ0) is 39.1. The van der Waals surface area contributed by atoms with Crippen LogP contribution >= 0.6 is 0 Å². The highest BCUT2D eigenvalue weighted by atomic mass is 15.1. The van der Waals surface area contributed by atoms with Gasteiger partial charge < -0.3 is 4.90 Å². The first-order valence-corrected chi connectivity index (χ1v) is 20.2. The van der Waals surface area contributed by atoms with Gasteiger partial charge >= 0.3 is 0 Å². The van der Waals surface area contributed by atoms with Gasteiger partial charge in [0, 0.05) is 22.2 Å². The van der Waals surface area contributed by atoms with E-state index in [-0.39, 0.29) is 5.41 Å². The van der Waals surface area contributed by atoms with Gasteiger partial charge in [-0.15, -0.1) is 0 Å². The smallest absolute Gasteiger partial charge is 0.0543 e. The Labute approximate surface area is 342 Å². The van der Waals surface area contributed by atoms with Crippen LogP contribution in [-0.4, -0.2) is 0 Å². The molecule has 0 spiro atoms. The van der Waals surface area contributed by atoms with E-state index < -0.39 is 0 Å². The van der Waals surface area contributed by atoms with Crippen LogP contribution in [0.3, 0.4) is 0 Å². The van der Waals surface area contributed by atoms with Crippen molar-refractivity contribution in [2.75, 3.05) is 4.90 Å². The van der Waals surface area contributed by atoms with Crippen molar-refractivity contribution in [3.8, 4) is 66.8 Å². The minimum atomic E-state index is -0.130. The SMILES string of the molecule is CC1(C)c2ccccc2-c2c(N(c3ccc(-c4cccc(-c5ccccc5)c4)cc3)c3ccccc3-c3ccccc3-c3ccccc3-c3ccccc3)cccc21. The third-order valence-corrected chi connectivity index (χ3v) is 11.9. The Kier molecular flexibility index (Phi) is 8.92. The first kappa shape index (κ1) is 35.2. The minimum absolute atomic E-state index is 0.130. The van der Waals surface area contributed by atoms with Crippen molar-refractivity contribution in [2.45, 2.75) is 19.3 Å². The van der Waals surface area contributed by atoms with Crippen LogP contribution in [-0.2, 0) is 5.41 Å². The molecule has 0 saturated heterocycles. The van der Waals surface area contributed by atoms with Crippen molar-refractivity contribution < 1.29 is 0 Å². The van der Waals surface area contributed by atoms with E-state index in [4.69, 9.17) is 0 Å². The molecule has 10 rings (SSSR count). The lowest BCUT2D eigenvalue weighted by atomic mass is 9.82. The van der Waals surface area contributed by atoms with Crippen LogP contribution in [0, 0.1) is 0 Å². The molecule has 1 heteroatoms. The summed E-state index contributed by atoms with van der Waals surface area (Å²) in [4.78, 5) is 2.50. The third kappa shape index (κ3) is 6.13. The topological polar surface area (TPSA) is 3.24 Å². The molecule has 0 N–H and O–H groups in total. The molecule has 9 aromatic rings. The normalized spacial score (nSPS) is 12.4. The quantitative estimate of drug-likeness (QED) is 0.150. The fourth-order valence-corrected chi connectivity index (χ4v) is 9.08. The molecule has 1 nitrogen and oxygen atoms in total. The van der Waals surface area contributed by atoms with Gasteiger partial charge in [-0.05, 0) is 97.1 Å². The number of nitrogens with zero attached hydrogens (tertiary/aromatic N) is 1. The van der Waals surface area contributed by atoms with Gasteiger partial charge in [0.2, 0.25) is 0 Å². The van der Waals surface area contributed by atoms with E-state index in [9.17, 15) is 0 Å². The molecule has 0 unspecified atom stereocenters. The summed E-state index contributed by atoms with van der Waals surface area (Å²) in [6, 6.07) is 81.8. The molecule has 0 radical (unpaired) electrons. The fourth-order valence-electron chi connectivity index (χ4n) is 9.08. The Morgan fingerprint density at radius 2 is 0.724 bits per heavy atom. The van der Waals surface area contributed by atoms with Crippen molar-refractivity contribution in [1.29, 1.82) is 0 Å². The van der Waals surface area contributed by atoms with E-state index in [2.05, 4.69) is 243 Å². The largest absolute Gasteiger partial charge is 0.309 e. The van der Waals surface area contributed by atoms with Gasteiger partial charge in [-0.25, -0.2) is 0 Å². The van der Waals surface area contributed by atoms with Crippen molar-refractivity contribution >= 4 is 17.1 Å². The summed E-state index contributed by atoms with van der Waals surface area (Å²) in [7, 11) is 0. The maximum Gasteiger partial charge on any atom is 0.0543 e. The zero-order valence-corrected chi connectivity index (χ0v) is 32.8. The standard InChI is InChI=1S/C57H43N/c1-57(2)52-31-15-13-30-51(52)56-53(57)32-18-34-55(56)58(45-37-35-41(36-38-45)44-24-17-23-43(39-44)40-19-5-3-6-20-40)54-33-16-14-29-50(54)49-28-12-11-27-48(49)47-26-10-9-25-46(47)42-21-7-4-8-22-42/h3-39H,1-2H3. The molecule has 0 aromatic heterocycles. The van der Waals surface area contributed by atoms with Crippen LogP contribution in [0.5, 0.6) is 0 Å². The van der Waals surface area contributed by atoms with E-state index in [0.717, 1.165) is 11.4 Å². The first-order valence-electron chi connectivity index (χ1n) is 20.2. The van der Waals surface area contributed by atoms with Gasteiger partial charge in [-0.1, -0.05) is 208 Å². The Balaban J connectivity index is 1.17. The third-order valence-electron chi connectivity index (χ3n) is 11.9. The Morgan fingerprint density at radius 3 is 1.40 bits per heavy atom. The van der Waals surface area contributed by atoms with E-state index >= 15 is 0 Å². The molecule has 0 heterocycles. The molecule has 0 saturated carbocycles. The number of hydrogen-bond donors (Lipinski definition) is 0. The van der Waals surface area contributed by atoms with Gasteiger partial charge in [0.25, 0.3) is 0 Å². The fraction of sp³-hybridized carbons (Fsp3) is 0.0526. The van der Waals surface area contributed by atoms with Crippen LogP contribution in [0.1, 0.15) is 25.0 Å². The Bertz CT molecular complexity index is 2900. The monoisotopic (exact) mass is 741 g/mol. The van der Waals surface area contributed by atoms with Crippen LogP contribution in [0.25, 0.3) is 66.8 Å². The van der Waals surface area contributed by atoms with Crippen LogP contribution in [0.2, 0.25) is 0 Å². The highest BCUT2D eigenvalue weighted by Crippen LogP contribution is 2.55. The Hall–Kier alpha value is -7.22. The second kappa shape index (κ2) is 14.7. The molecule has 0 fully saturated rings. The summed E-state index contributed by atoms with van der Waals surface area (Å²) in [6.45, 7) is 4.72. The van der Waals surface area contributed by atoms with E-state index in [1.54, 1.807) is 0 Å². The molecule has 276 valence electrons. The lowest BCUT2D eigenvalue weighted by Gasteiger charge is -2.31. The summed E-state index contributed by atoms with van der Waals surface area (Å²) in [5.74, 6) is 0. The lowest BCUT2D eigenvalue weighted by Crippen LogP contribution is -2.16. The molecule has 0 aliphatic heterocycles. The molecular formula is C57H43N. The highest BCUT2D eigenvalue weighted by molar-refractivity contribution is 6.01. The lowest BCUT2D eigenvalue weighted by molar-refractivity contribution is 0.660. The molecule has 58 heavy (non-hydrogen) atoms. The summed E-state index contributed by atoms with van der Waals surface area (Å²) in [6.07, 6.45) is 0. The molecule has 1 aliphatic carbocycles. The first-order chi connectivity index (χ1) is 28.6.